The predicted molar refractivity (Wildman–Crippen MR) is 71.2 cm³/mol. The normalized spacial score (nSPS) is 12.6. The quantitative estimate of drug-likeness (QED) is 0.836. The van der Waals surface area contributed by atoms with Crippen LogP contribution in [0.25, 0.3) is 0 Å². The summed E-state index contributed by atoms with van der Waals surface area (Å²) in [6, 6.07) is 10.4. The maximum atomic E-state index is 12.7. The summed E-state index contributed by atoms with van der Waals surface area (Å²) in [5.41, 5.74) is 0. The van der Waals surface area contributed by atoms with Gasteiger partial charge in [0.15, 0.2) is 0 Å². The average molecular weight is 268 g/mol. The van der Waals surface area contributed by atoms with Gasteiger partial charge in [-0.3, -0.25) is 0 Å². The Morgan fingerprint density at radius 3 is 2.65 bits per heavy atom. The van der Waals surface area contributed by atoms with Crippen LogP contribution in [0.2, 0.25) is 0 Å². The zero-order valence-electron chi connectivity index (χ0n) is 9.17. The van der Waals surface area contributed by atoms with Gasteiger partial charge in [0, 0.05) is 21.9 Å². The number of thioether (sulfide) groups is 1. The van der Waals surface area contributed by atoms with E-state index in [1.54, 1.807) is 35.2 Å². The van der Waals surface area contributed by atoms with Gasteiger partial charge in [0.05, 0.1) is 6.10 Å². The van der Waals surface area contributed by atoms with Gasteiger partial charge in [-0.25, -0.2) is 4.39 Å². The van der Waals surface area contributed by atoms with Crippen molar-refractivity contribution in [2.45, 2.75) is 17.4 Å². The van der Waals surface area contributed by atoms with Crippen LogP contribution in [0.3, 0.4) is 0 Å². The van der Waals surface area contributed by atoms with Crippen molar-refractivity contribution in [1.29, 1.82) is 0 Å². The van der Waals surface area contributed by atoms with Gasteiger partial charge in [-0.15, -0.1) is 23.1 Å². The number of halogens is 1. The summed E-state index contributed by atoms with van der Waals surface area (Å²) in [7, 11) is 0. The van der Waals surface area contributed by atoms with E-state index in [4.69, 9.17) is 0 Å². The van der Waals surface area contributed by atoms with Crippen LogP contribution in [-0.4, -0.2) is 17.0 Å². The largest absolute Gasteiger partial charge is 0.392 e. The summed E-state index contributed by atoms with van der Waals surface area (Å²) >= 11 is 3.20. The molecule has 0 aliphatic rings. The van der Waals surface area contributed by atoms with E-state index in [1.807, 2.05) is 17.5 Å². The molecule has 1 unspecified atom stereocenters. The van der Waals surface area contributed by atoms with Crippen molar-refractivity contribution in [3.05, 3.63) is 52.5 Å². The number of aliphatic hydroxyl groups excluding tert-OH is 1. The van der Waals surface area contributed by atoms with E-state index in [-0.39, 0.29) is 11.9 Å². The molecule has 0 aliphatic carbocycles. The molecule has 2 aromatic rings. The third kappa shape index (κ3) is 4.15. The molecule has 90 valence electrons. The molecule has 2 rings (SSSR count). The summed E-state index contributed by atoms with van der Waals surface area (Å²) in [6.07, 6.45) is 0.329. The molecule has 0 saturated heterocycles. The molecule has 1 aromatic carbocycles. The van der Waals surface area contributed by atoms with Gasteiger partial charge in [-0.1, -0.05) is 6.07 Å². The van der Waals surface area contributed by atoms with E-state index < -0.39 is 0 Å². The topological polar surface area (TPSA) is 20.2 Å². The molecule has 1 N–H and O–H groups in total. The second-order valence-electron chi connectivity index (χ2n) is 3.70. The van der Waals surface area contributed by atoms with Gasteiger partial charge in [0.25, 0.3) is 0 Å². The summed E-state index contributed by atoms with van der Waals surface area (Å²) in [4.78, 5) is 2.17. The van der Waals surface area contributed by atoms with E-state index in [0.29, 0.717) is 12.2 Å². The minimum atomic E-state index is -0.358. The van der Waals surface area contributed by atoms with Crippen LogP contribution in [-0.2, 0) is 6.42 Å². The lowest BCUT2D eigenvalue weighted by molar-refractivity contribution is 0.201. The van der Waals surface area contributed by atoms with Crippen molar-refractivity contribution >= 4 is 23.1 Å². The zero-order valence-corrected chi connectivity index (χ0v) is 10.8. The van der Waals surface area contributed by atoms with Crippen LogP contribution < -0.4 is 0 Å². The molecule has 0 aliphatic heterocycles. The highest BCUT2D eigenvalue weighted by Crippen LogP contribution is 2.21. The molecule has 0 radical (unpaired) electrons. The Kier molecular flexibility index (Phi) is 4.59. The lowest BCUT2D eigenvalue weighted by Crippen LogP contribution is -2.12. The highest BCUT2D eigenvalue weighted by Gasteiger charge is 2.07. The van der Waals surface area contributed by atoms with Crippen molar-refractivity contribution in [2.75, 3.05) is 5.75 Å². The number of aliphatic hydroxyl groups is 1. The Balaban J connectivity index is 1.79. The molecule has 0 saturated carbocycles. The number of hydrogen-bond donors (Lipinski definition) is 1. The molecule has 0 bridgehead atoms. The fourth-order valence-corrected chi connectivity index (χ4v) is 3.05. The monoisotopic (exact) mass is 268 g/mol. The lowest BCUT2D eigenvalue weighted by Gasteiger charge is -2.08. The van der Waals surface area contributed by atoms with Gasteiger partial charge in [0.2, 0.25) is 0 Å². The number of benzene rings is 1. The van der Waals surface area contributed by atoms with Crippen LogP contribution in [0.1, 0.15) is 4.88 Å². The summed E-state index contributed by atoms with van der Waals surface area (Å²) in [5.74, 6) is 0.400. The fourth-order valence-electron chi connectivity index (χ4n) is 1.44. The van der Waals surface area contributed by atoms with Crippen LogP contribution in [0.15, 0.2) is 46.7 Å². The average Bonchev–Trinajstić information content (AvgIpc) is 2.81. The van der Waals surface area contributed by atoms with E-state index in [1.165, 1.54) is 17.0 Å². The first-order valence-corrected chi connectivity index (χ1v) is 7.19. The highest BCUT2D eigenvalue weighted by molar-refractivity contribution is 7.99. The van der Waals surface area contributed by atoms with Gasteiger partial charge in [-0.2, -0.15) is 0 Å². The smallest absolute Gasteiger partial charge is 0.123 e. The minimum Gasteiger partial charge on any atom is -0.392 e. The predicted octanol–water partition coefficient (Wildman–Crippen LogP) is 3.58. The molecule has 1 heterocycles. The van der Waals surface area contributed by atoms with Gasteiger partial charge in [-0.05, 0) is 35.7 Å². The summed E-state index contributed by atoms with van der Waals surface area (Å²) in [6.45, 7) is 0. The first kappa shape index (κ1) is 12.6. The van der Waals surface area contributed by atoms with Crippen molar-refractivity contribution < 1.29 is 9.50 Å². The molecular formula is C13H13FOS2. The standard InChI is InChI=1S/C13H13FOS2/c14-10-3-5-12(6-4-10)17-9-11(15)8-13-2-1-7-16-13/h1-7,11,15H,8-9H2. The first-order chi connectivity index (χ1) is 8.24. The van der Waals surface area contributed by atoms with Gasteiger partial charge in [0.1, 0.15) is 5.82 Å². The van der Waals surface area contributed by atoms with Gasteiger partial charge < -0.3 is 5.11 Å². The van der Waals surface area contributed by atoms with Crippen molar-refractivity contribution in [2.24, 2.45) is 0 Å². The van der Waals surface area contributed by atoms with Gasteiger partial charge >= 0.3 is 0 Å². The van der Waals surface area contributed by atoms with E-state index in [0.717, 1.165) is 4.90 Å². The number of rotatable bonds is 5. The molecular weight excluding hydrogens is 255 g/mol. The van der Waals surface area contributed by atoms with E-state index >= 15 is 0 Å². The molecule has 17 heavy (non-hydrogen) atoms. The van der Waals surface area contributed by atoms with Crippen molar-refractivity contribution in [1.82, 2.24) is 0 Å². The Labute approximate surface area is 108 Å². The van der Waals surface area contributed by atoms with Crippen LogP contribution in [0.5, 0.6) is 0 Å². The Bertz CT molecular complexity index is 439. The van der Waals surface area contributed by atoms with E-state index in [2.05, 4.69) is 0 Å². The number of thiophene rings is 1. The number of hydrogen-bond acceptors (Lipinski definition) is 3. The SMILES string of the molecule is OC(CSc1ccc(F)cc1)Cc1cccs1. The molecule has 0 spiro atoms. The minimum absolute atomic E-state index is 0.228. The maximum absolute atomic E-state index is 12.7. The van der Waals surface area contributed by atoms with Crippen molar-refractivity contribution in [3.63, 3.8) is 0 Å². The maximum Gasteiger partial charge on any atom is 0.123 e. The zero-order chi connectivity index (χ0) is 12.1. The Hall–Kier alpha value is -0.840. The molecule has 1 nitrogen and oxygen atoms in total. The second-order valence-corrected chi connectivity index (χ2v) is 5.83. The van der Waals surface area contributed by atoms with Crippen LogP contribution >= 0.6 is 23.1 Å². The molecule has 0 amide bonds. The fraction of sp³-hybridized carbons (Fsp3) is 0.231. The first-order valence-electron chi connectivity index (χ1n) is 5.33. The van der Waals surface area contributed by atoms with Crippen molar-refractivity contribution in [3.8, 4) is 0 Å². The molecule has 1 atom stereocenters. The summed E-state index contributed by atoms with van der Waals surface area (Å²) in [5, 5.41) is 11.9. The van der Waals surface area contributed by atoms with Crippen LogP contribution in [0, 0.1) is 5.82 Å². The second kappa shape index (κ2) is 6.19. The summed E-state index contributed by atoms with van der Waals surface area (Å²) < 4.78 is 12.7. The highest BCUT2D eigenvalue weighted by atomic mass is 32.2. The lowest BCUT2D eigenvalue weighted by atomic mass is 10.2. The third-order valence-corrected chi connectivity index (χ3v) is 4.33. The molecule has 0 fully saturated rings. The molecule has 1 aromatic heterocycles. The van der Waals surface area contributed by atoms with Crippen LogP contribution in [0.4, 0.5) is 4.39 Å². The Morgan fingerprint density at radius 2 is 2.00 bits per heavy atom. The Morgan fingerprint density at radius 1 is 1.24 bits per heavy atom. The van der Waals surface area contributed by atoms with E-state index in [9.17, 15) is 9.50 Å². The molecule has 4 heteroatoms. The third-order valence-electron chi connectivity index (χ3n) is 2.27.